The molecule has 0 aliphatic heterocycles. The molecule has 0 fully saturated rings. The summed E-state index contributed by atoms with van der Waals surface area (Å²) in [5.41, 5.74) is 2.12. The summed E-state index contributed by atoms with van der Waals surface area (Å²) in [4.78, 5) is 24.3. The van der Waals surface area contributed by atoms with Crippen LogP contribution in [0.4, 0.5) is 5.69 Å². The van der Waals surface area contributed by atoms with Crippen LogP contribution in [0.3, 0.4) is 0 Å². The number of carbonyl (C=O) groups is 2. The lowest BCUT2D eigenvalue weighted by atomic mass is 10.2. The maximum Gasteiger partial charge on any atom is 0.252 e. The van der Waals surface area contributed by atoms with Crippen molar-refractivity contribution in [3.05, 3.63) is 87.4 Å². The lowest BCUT2D eigenvalue weighted by Crippen LogP contribution is -2.33. The Hall–Kier alpha value is -2.65. The van der Waals surface area contributed by atoms with E-state index in [-0.39, 0.29) is 18.4 Å². The van der Waals surface area contributed by atoms with Crippen molar-refractivity contribution in [3.63, 3.8) is 0 Å². The van der Waals surface area contributed by atoms with Crippen molar-refractivity contribution in [3.8, 4) is 0 Å². The minimum atomic E-state index is -0.298. The fourth-order valence-electron chi connectivity index (χ4n) is 2.51. The molecule has 7 heteroatoms. The zero-order valence-corrected chi connectivity index (χ0v) is 17.1. The first-order valence-electron chi connectivity index (χ1n) is 8.63. The van der Waals surface area contributed by atoms with Gasteiger partial charge in [0.15, 0.2) is 0 Å². The monoisotopic (exact) mass is 490 g/mol. The number of amides is 2. The van der Waals surface area contributed by atoms with Gasteiger partial charge in [-0.05, 0) is 64.6 Å². The van der Waals surface area contributed by atoms with E-state index in [1.54, 1.807) is 24.5 Å². The van der Waals surface area contributed by atoms with Crippen molar-refractivity contribution in [2.24, 2.45) is 0 Å². The molecule has 0 radical (unpaired) electrons. The topological polar surface area (TPSA) is 80.6 Å². The smallest absolute Gasteiger partial charge is 0.252 e. The predicted octanol–water partition coefficient (Wildman–Crippen LogP) is 3.97. The van der Waals surface area contributed by atoms with E-state index < -0.39 is 0 Å². The van der Waals surface area contributed by atoms with Gasteiger partial charge in [-0.1, -0.05) is 24.3 Å². The first-order valence-corrected chi connectivity index (χ1v) is 9.71. The molecule has 3 rings (SSSR count). The molecule has 2 aromatic carbocycles. The quantitative estimate of drug-likeness (QED) is 0.469. The minimum Gasteiger partial charge on any atom is -0.467 e. The molecular weight excluding hydrogens is 471 g/mol. The van der Waals surface area contributed by atoms with Gasteiger partial charge in [-0.25, -0.2) is 0 Å². The molecule has 0 saturated heterocycles. The maximum absolute atomic E-state index is 12.2. The first-order chi connectivity index (χ1) is 13.6. The Morgan fingerprint density at radius 1 is 1.00 bits per heavy atom. The van der Waals surface area contributed by atoms with E-state index in [2.05, 4.69) is 33.2 Å². The zero-order valence-electron chi connectivity index (χ0n) is 15.0. The Labute approximate surface area is 176 Å². The fourth-order valence-corrected chi connectivity index (χ4v) is 3.14. The van der Waals surface area contributed by atoms with Gasteiger partial charge in [0.2, 0.25) is 5.91 Å². The van der Waals surface area contributed by atoms with Gasteiger partial charge in [-0.2, -0.15) is 0 Å². The number of hydrogen-bond acceptors (Lipinski definition) is 4. The van der Waals surface area contributed by atoms with E-state index >= 15 is 0 Å². The van der Waals surface area contributed by atoms with Crippen LogP contribution in [-0.4, -0.2) is 18.4 Å². The summed E-state index contributed by atoms with van der Waals surface area (Å²) >= 11 is 2.09. The summed E-state index contributed by atoms with van der Waals surface area (Å²) in [6, 6.07) is 18.2. The average molecular weight is 490 g/mol. The van der Waals surface area contributed by atoms with Gasteiger partial charge in [0.25, 0.3) is 5.91 Å². The van der Waals surface area contributed by atoms with E-state index in [1.165, 1.54) is 0 Å². The van der Waals surface area contributed by atoms with E-state index in [9.17, 15) is 9.59 Å². The molecule has 28 heavy (non-hydrogen) atoms. The highest BCUT2D eigenvalue weighted by atomic mass is 127. The van der Waals surface area contributed by atoms with Crippen LogP contribution in [0.1, 0.15) is 21.7 Å². The highest BCUT2D eigenvalue weighted by Crippen LogP contribution is 2.13. The molecule has 1 heterocycles. The Morgan fingerprint density at radius 2 is 1.86 bits per heavy atom. The number of anilines is 1. The van der Waals surface area contributed by atoms with Gasteiger partial charge >= 0.3 is 0 Å². The number of furan rings is 1. The van der Waals surface area contributed by atoms with Crippen LogP contribution in [0.25, 0.3) is 0 Å². The van der Waals surface area contributed by atoms with Crippen LogP contribution in [0.5, 0.6) is 0 Å². The molecule has 0 aliphatic rings. The molecular formula is C21H19IN2O4. The van der Waals surface area contributed by atoms with Gasteiger partial charge in [-0.3, -0.25) is 9.59 Å². The van der Waals surface area contributed by atoms with Crippen LogP contribution in [0.15, 0.2) is 71.3 Å². The first kappa shape index (κ1) is 20.1. The SMILES string of the molecule is O=C(CNC(=O)c1ccccc1I)Nc1cccc(COCc2ccco2)c1. The molecule has 1 aromatic heterocycles. The van der Waals surface area contributed by atoms with Crippen LogP contribution in [0.2, 0.25) is 0 Å². The van der Waals surface area contributed by atoms with Crippen molar-refractivity contribution in [1.82, 2.24) is 5.32 Å². The van der Waals surface area contributed by atoms with E-state index in [0.29, 0.717) is 24.5 Å². The molecule has 2 amide bonds. The highest BCUT2D eigenvalue weighted by molar-refractivity contribution is 14.1. The van der Waals surface area contributed by atoms with Gasteiger partial charge in [-0.15, -0.1) is 0 Å². The summed E-state index contributed by atoms with van der Waals surface area (Å²) in [7, 11) is 0. The second kappa shape index (κ2) is 10.0. The number of halogens is 1. The van der Waals surface area contributed by atoms with Gasteiger partial charge < -0.3 is 19.8 Å². The van der Waals surface area contributed by atoms with Gasteiger partial charge in [0, 0.05) is 9.26 Å². The molecule has 0 spiro atoms. The molecule has 144 valence electrons. The number of hydrogen-bond donors (Lipinski definition) is 2. The molecule has 0 saturated carbocycles. The largest absolute Gasteiger partial charge is 0.467 e. The third-order valence-electron chi connectivity index (χ3n) is 3.83. The minimum absolute atomic E-state index is 0.108. The second-order valence-electron chi connectivity index (χ2n) is 5.98. The highest BCUT2D eigenvalue weighted by Gasteiger charge is 2.11. The van der Waals surface area contributed by atoms with Gasteiger partial charge in [0.1, 0.15) is 12.4 Å². The average Bonchev–Trinajstić information content (AvgIpc) is 3.20. The van der Waals surface area contributed by atoms with Crippen LogP contribution in [0, 0.1) is 3.57 Å². The van der Waals surface area contributed by atoms with Crippen molar-refractivity contribution in [2.45, 2.75) is 13.2 Å². The number of carbonyl (C=O) groups excluding carboxylic acids is 2. The predicted molar refractivity (Wildman–Crippen MR) is 114 cm³/mol. The third kappa shape index (κ3) is 5.93. The Balaban J connectivity index is 1.47. The van der Waals surface area contributed by atoms with Crippen LogP contribution < -0.4 is 10.6 Å². The lowest BCUT2D eigenvalue weighted by molar-refractivity contribution is -0.115. The molecule has 0 atom stereocenters. The normalized spacial score (nSPS) is 10.5. The molecule has 0 aliphatic carbocycles. The standard InChI is InChI=1S/C21H19IN2O4/c22-19-9-2-1-8-18(19)21(26)23-12-20(25)24-16-6-3-5-15(11-16)13-27-14-17-7-4-10-28-17/h1-11H,12-14H2,(H,23,26)(H,24,25). The van der Waals surface area contributed by atoms with Crippen LogP contribution >= 0.6 is 22.6 Å². The van der Waals surface area contributed by atoms with E-state index in [0.717, 1.165) is 14.9 Å². The fraction of sp³-hybridized carbons (Fsp3) is 0.143. The Bertz CT molecular complexity index is 941. The molecule has 2 N–H and O–H groups in total. The van der Waals surface area contributed by atoms with Crippen molar-refractivity contribution in [2.75, 3.05) is 11.9 Å². The zero-order chi connectivity index (χ0) is 19.8. The van der Waals surface area contributed by atoms with E-state index in [4.69, 9.17) is 9.15 Å². The molecule has 0 bridgehead atoms. The molecule has 0 unspecified atom stereocenters. The molecule has 3 aromatic rings. The number of ether oxygens (including phenoxy) is 1. The van der Waals surface area contributed by atoms with Crippen molar-refractivity contribution >= 4 is 40.1 Å². The van der Waals surface area contributed by atoms with E-state index in [1.807, 2.05) is 42.5 Å². The number of rotatable bonds is 8. The Morgan fingerprint density at radius 3 is 2.64 bits per heavy atom. The Kier molecular flexibility index (Phi) is 7.21. The summed E-state index contributed by atoms with van der Waals surface area (Å²) < 4.78 is 11.6. The van der Waals surface area contributed by atoms with Crippen molar-refractivity contribution < 1.29 is 18.7 Å². The number of nitrogens with one attached hydrogen (secondary N) is 2. The second-order valence-corrected chi connectivity index (χ2v) is 7.15. The van der Waals surface area contributed by atoms with Crippen molar-refractivity contribution in [1.29, 1.82) is 0 Å². The van der Waals surface area contributed by atoms with Crippen LogP contribution in [-0.2, 0) is 22.7 Å². The summed E-state index contributed by atoms with van der Waals surface area (Å²) in [6.45, 7) is 0.671. The summed E-state index contributed by atoms with van der Waals surface area (Å²) in [6.07, 6.45) is 1.60. The molecule has 6 nitrogen and oxygen atoms in total. The summed E-state index contributed by atoms with van der Waals surface area (Å²) in [5, 5.41) is 5.41. The summed E-state index contributed by atoms with van der Waals surface area (Å²) in [5.74, 6) is 0.182. The third-order valence-corrected chi connectivity index (χ3v) is 4.77. The maximum atomic E-state index is 12.2. The number of benzene rings is 2. The van der Waals surface area contributed by atoms with Gasteiger partial charge in [0.05, 0.1) is 25.0 Å². The lowest BCUT2D eigenvalue weighted by Gasteiger charge is -2.09.